The lowest BCUT2D eigenvalue weighted by Gasteiger charge is -2.33. The maximum Gasteiger partial charge on any atom is 0.142 e. The molecule has 2 N–H and O–H groups in total. The molecule has 1 aromatic rings. The van der Waals surface area contributed by atoms with Crippen LogP contribution in [0.2, 0.25) is 5.02 Å². The van der Waals surface area contributed by atoms with Crippen LogP contribution in [0.4, 0.5) is 4.39 Å². The number of likely N-dealkylation sites (N-methyl/N-ethyl adjacent to an activating group) is 1. The van der Waals surface area contributed by atoms with Gasteiger partial charge in [0, 0.05) is 19.1 Å². The Morgan fingerprint density at radius 2 is 2.00 bits per heavy atom. The highest BCUT2D eigenvalue weighted by Crippen LogP contribution is 2.26. The summed E-state index contributed by atoms with van der Waals surface area (Å²) in [6.45, 7) is 7.84. The summed E-state index contributed by atoms with van der Waals surface area (Å²) >= 11 is 5.69. The Hall–Kier alpha value is -0.640. The van der Waals surface area contributed by atoms with Gasteiger partial charge >= 0.3 is 0 Å². The van der Waals surface area contributed by atoms with Crippen LogP contribution in [0, 0.1) is 11.2 Å². The second-order valence-corrected chi connectivity index (χ2v) is 6.31. The Balaban J connectivity index is 2.91. The zero-order valence-corrected chi connectivity index (χ0v) is 12.3. The highest BCUT2D eigenvalue weighted by Gasteiger charge is 2.21. The smallest absolute Gasteiger partial charge is 0.142 e. The van der Waals surface area contributed by atoms with Crippen molar-refractivity contribution in [3.63, 3.8) is 0 Å². The average molecular weight is 273 g/mol. The van der Waals surface area contributed by atoms with E-state index in [0.717, 1.165) is 12.1 Å². The molecule has 1 unspecified atom stereocenters. The van der Waals surface area contributed by atoms with Gasteiger partial charge in [-0.3, -0.25) is 4.90 Å². The molecule has 0 aromatic heterocycles. The quantitative estimate of drug-likeness (QED) is 0.910. The molecule has 0 saturated heterocycles. The van der Waals surface area contributed by atoms with Crippen molar-refractivity contribution in [3.8, 4) is 0 Å². The van der Waals surface area contributed by atoms with Crippen LogP contribution in [0.25, 0.3) is 0 Å². The fourth-order valence-corrected chi connectivity index (χ4v) is 2.27. The molecule has 0 fully saturated rings. The van der Waals surface area contributed by atoms with Crippen molar-refractivity contribution < 1.29 is 4.39 Å². The highest BCUT2D eigenvalue weighted by molar-refractivity contribution is 6.30. The van der Waals surface area contributed by atoms with Crippen LogP contribution in [0.1, 0.15) is 32.4 Å². The van der Waals surface area contributed by atoms with Crippen LogP contribution >= 0.6 is 11.6 Å². The lowest BCUT2D eigenvalue weighted by atomic mass is 9.94. The summed E-state index contributed by atoms with van der Waals surface area (Å²) in [4.78, 5) is 2.16. The molecular weight excluding hydrogens is 251 g/mol. The maximum atomic E-state index is 13.5. The Labute approximate surface area is 114 Å². The predicted octanol–water partition coefficient (Wildman–Crippen LogP) is 3.46. The fourth-order valence-electron chi connectivity index (χ4n) is 2.15. The van der Waals surface area contributed by atoms with E-state index in [1.165, 1.54) is 6.07 Å². The third kappa shape index (κ3) is 4.23. The number of nitrogens with two attached hydrogens (primary N) is 1. The molecule has 18 heavy (non-hydrogen) atoms. The molecule has 0 spiro atoms. The molecule has 0 radical (unpaired) electrons. The number of benzene rings is 1. The van der Waals surface area contributed by atoms with Gasteiger partial charge < -0.3 is 5.73 Å². The Morgan fingerprint density at radius 1 is 1.39 bits per heavy atom. The van der Waals surface area contributed by atoms with E-state index in [-0.39, 0.29) is 16.5 Å². The number of rotatable bonds is 4. The van der Waals surface area contributed by atoms with Gasteiger partial charge in [0.1, 0.15) is 5.82 Å². The van der Waals surface area contributed by atoms with Crippen molar-refractivity contribution in [2.45, 2.75) is 26.8 Å². The number of nitrogens with zero attached hydrogens (tertiary/aromatic N) is 1. The molecule has 0 saturated carbocycles. The first-order valence-corrected chi connectivity index (χ1v) is 6.47. The molecule has 0 amide bonds. The van der Waals surface area contributed by atoms with Gasteiger partial charge in [-0.15, -0.1) is 0 Å². The normalized spacial score (nSPS) is 14.0. The molecular formula is C14H22ClFN2. The summed E-state index contributed by atoms with van der Waals surface area (Å²) in [5, 5.41) is 0.146. The van der Waals surface area contributed by atoms with E-state index >= 15 is 0 Å². The van der Waals surface area contributed by atoms with Crippen molar-refractivity contribution in [3.05, 3.63) is 34.6 Å². The molecule has 1 rings (SSSR count). The van der Waals surface area contributed by atoms with Gasteiger partial charge in [0.15, 0.2) is 0 Å². The van der Waals surface area contributed by atoms with E-state index in [1.807, 2.05) is 13.1 Å². The van der Waals surface area contributed by atoms with Gasteiger partial charge in [0.25, 0.3) is 0 Å². The van der Waals surface area contributed by atoms with Gasteiger partial charge in [-0.25, -0.2) is 4.39 Å². The van der Waals surface area contributed by atoms with Crippen LogP contribution in [-0.2, 0) is 0 Å². The third-order valence-electron chi connectivity index (χ3n) is 2.81. The van der Waals surface area contributed by atoms with Crippen LogP contribution in [0.3, 0.4) is 0 Å². The van der Waals surface area contributed by atoms with E-state index in [2.05, 4.69) is 25.7 Å². The monoisotopic (exact) mass is 272 g/mol. The van der Waals surface area contributed by atoms with Gasteiger partial charge in [-0.2, -0.15) is 0 Å². The Kier molecular flexibility index (Phi) is 5.14. The lowest BCUT2D eigenvalue weighted by molar-refractivity contribution is 0.175. The average Bonchev–Trinajstić information content (AvgIpc) is 2.21. The third-order valence-corrected chi connectivity index (χ3v) is 3.11. The molecule has 2 nitrogen and oxygen atoms in total. The molecule has 4 heteroatoms. The predicted molar refractivity (Wildman–Crippen MR) is 75.3 cm³/mol. The maximum absolute atomic E-state index is 13.5. The Morgan fingerprint density at radius 3 is 2.44 bits per heavy atom. The van der Waals surface area contributed by atoms with E-state index in [0.29, 0.717) is 6.54 Å². The first-order chi connectivity index (χ1) is 8.24. The number of hydrogen-bond acceptors (Lipinski definition) is 2. The topological polar surface area (TPSA) is 29.3 Å². The van der Waals surface area contributed by atoms with Crippen LogP contribution in [0.5, 0.6) is 0 Å². The molecule has 102 valence electrons. The molecule has 0 aliphatic carbocycles. The molecule has 0 heterocycles. The molecule has 0 aliphatic rings. The van der Waals surface area contributed by atoms with Crippen molar-refractivity contribution in [1.82, 2.24) is 4.90 Å². The summed E-state index contributed by atoms with van der Waals surface area (Å²) in [6, 6.07) is 4.90. The number of halogens is 2. The minimum atomic E-state index is -0.392. The lowest BCUT2D eigenvalue weighted by Crippen LogP contribution is -2.36. The van der Waals surface area contributed by atoms with Crippen molar-refractivity contribution in [1.29, 1.82) is 0 Å². The first kappa shape index (κ1) is 15.4. The molecule has 1 aromatic carbocycles. The largest absolute Gasteiger partial charge is 0.329 e. The summed E-state index contributed by atoms with van der Waals surface area (Å²) in [7, 11) is 2.01. The summed E-state index contributed by atoms with van der Waals surface area (Å²) < 4.78 is 13.5. The van der Waals surface area contributed by atoms with Gasteiger partial charge in [0.05, 0.1) is 5.02 Å². The van der Waals surface area contributed by atoms with Crippen molar-refractivity contribution >= 4 is 11.6 Å². The van der Waals surface area contributed by atoms with Crippen molar-refractivity contribution in [2.75, 3.05) is 20.1 Å². The van der Waals surface area contributed by atoms with E-state index in [4.69, 9.17) is 17.3 Å². The second-order valence-electron chi connectivity index (χ2n) is 5.90. The first-order valence-electron chi connectivity index (χ1n) is 6.10. The summed E-state index contributed by atoms with van der Waals surface area (Å²) in [5.74, 6) is -0.392. The summed E-state index contributed by atoms with van der Waals surface area (Å²) in [6.07, 6.45) is 0. The van der Waals surface area contributed by atoms with Gasteiger partial charge in [0.2, 0.25) is 0 Å². The number of hydrogen-bond donors (Lipinski definition) is 1. The van der Waals surface area contributed by atoms with E-state index in [1.54, 1.807) is 6.07 Å². The molecule has 0 bridgehead atoms. The van der Waals surface area contributed by atoms with Gasteiger partial charge in [-0.05, 0) is 30.2 Å². The minimum Gasteiger partial charge on any atom is -0.329 e. The Bertz CT molecular complexity index is 401. The molecule has 1 atom stereocenters. The second kappa shape index (κ2) is 6.00. The van der Waals surface area contributed by atoms with Crippen LogP contribution in [0.15, 0.2) is 18.2 Å². The van der Waals surface area contributed by atoms with Crippen LogP contribution < -0.4 is 5.73 Å². The van der Waals surface area contributed by atoms with Crippen LogP contribution in [-0.4, -0.2) is 25.0 Å². The highest BCUT2D eigenvalue weighted by atomic mass is 35.5. The molecule has 0 aliphatic heterocycles. The van der Waals surface area contributed by atoms with E-state index in [9.17, 15) is 4.39 Å². The van der Waals surface area contributed by atoms with Crippen molar-refractivity contribution in [2.24, 2.45) is 11.1 Å². The zero-order chi connectivity index (χ0) is 13.9. The SMILES string of the molecule is CN(CC(C)(C)C)C(CN)c1ccc(Cl)c(F)c1. The minimum absolute atomic E-state index is 0.0102. The standard InChI is InChI=1S/C14H22ClFN2/c1-14(2,3)9-18(4)13(8-17)10-5-6-11(15)12(16)7-10/h5-7,13H,8-9,17H2,1-4H3. The zero-order valence-electron chi connectivity index (χ0n) is 11.5. The van der Waals surface area contributed by atoms with E-state index < -0.39 is 5.82 Å². The summed E-state index contributed by atoms with van der Waals surface area (Å²) in [5.41, 5.74) is 6.86. The van der Waals surface area contributed by atoms with Gasteiger partial charge in [-0.1, -0.05) is 38.4 Å². The fraction of sp³-hybridized carbons (Fsp3) is 0.571.